The van der Waals surface area contributed by atoms with Gasteiger partial charge in [-0.2, -0.15) is 0 Å². The zero-order valence-corrected chi connectivity index (χ0v) is 12.0. The molecule has 0 aliphatic carbocycles. The van der Waals surface area contributed by atoms with E-state index in [4.69, 9.17) is 16.3 Å². The summed E-state index contributed by atoms with van der Waals surface area (Å²) in [5.74, 6) is -0.163. The third-order valence-corrected chi connectivity index (χ3v) is 3.65. The summed E-state index contributed by atoms with van der Waals surface area (Å²) in [6, 6.07) is 10.9. The van der Waals surface area contributed by atoms with Gasteiger partial charge in [0.15, 0.2) is 11.6 Å². The molecule has 19 heavy (non-hydrogen) atoms. The number of hydrogen-bond acceptors (Lipinski definition) is 1. The van der Waals surface area contributed by atoms with Gasteiger partial charge in [0.25, 0.3) is 0 Å². The van der Waals surface area contributed by atoms with Crippen molar-refractivity contribution in [2.75, 3.05) is 7.11 Å². The van der Waals surface area contributed by atoms with Crippen LogP contribution in [0.3, 0.4) is 0 Å². The van der Waals surface area contributed by atoms with Gasteiger partial charge in [0.1, 0.15) is 0 Å². The van der Waals surface area contributed by atoms with Crippen LogP contribution in [-0.4, -0.2) is 7.11 Å². The van der Waals surface area contributed by atoms with Crippen molar-refractivity contribution < 1.29 is 9.13 Å². The number of methoxy groups -OCH3 is 1. The summed E-state index contributed by atoms with van der Waals surface area (Å²) >= 11 is 6.45. The Kier molecular flexibility index (Phi) is 4.11. The number of halogens is 2. The van der Waals surface area contributed by atoms with Gasteiger partial charge in [-0.1, -0.05) is 29.8 Å². The minimum Gasteiger partial charge on any atom is -0.494 e. The Bertz CT molecular complexity index is 595. The second-order valence-corrected chi connectivity index (χ2v) is 5.05. The Balaban J connectivity index is 2.38. The molecule has 0 N–H and O–H groups in total. The molecule has 0 aromatic heterocycles. The molecular formula is C16H16ClFO. The van der Waals surface area contributed by atoms with Crippen molar-refractivity contribution in [1.82, 2.24) is 0 Å². The predicted molar refractivity (Wildman–Crippen MR) is 76.6 cm³/mol. The van der Waals surface area contributed by atoms with E-state index < -0.39 is 5.82 Å². The largest absolute Gasteiger partial charge is 0.494 e. The first-order valence-electron chi connectivity index (χ1n) is 6.07. The highest BCUT2D eigenvalue weighted by atomic mass is 35.5. The van der Waals surface area contributed by atoms with Crippen LogP contribution in [0, 0.1) is 19.7 Å². The molecule has 2 aromatic rings. The van der Waals surface area contributed by atoms with Gasteiger partial charge in [-0.3, -0.25) is 0 Å². The maximum Gasteiger partial charge on any atom is 0.165 e. The average Bonchev–Trinajstić information content (AvgIpc) is 2.38. The van der Waals surface area contributed by atoms with Crippen LogP contribution in [0.15, 0.2) is 36.4 Å². The molecule has 0 fully saturated rings. The van der Waals surface area contributed by atoms with E-state index in [-0.39, 0.29) is 11.1 Å². The van der Waals surface area contributed by atoms with Crippen LogP contribution in [0.5, 0.6) is 5.75 Å². The number of benzene rings is 2. The summed E-state index contributed by atoms with van der Waals surface area (Å²) in [6.07, 6.45) is 0. The van der Waals surface area contributed by atoms with Crippen molar-refractivity contribution in [3.05, 3.63) is 64.5 Å². The summed E-state index contributed by atoms with van der Waals surface area (Å²) in [6.45, 7) is 4.05. The third-order valence-electron chi connectivity index (χ3n) is 3.17. The summed E-state index contributed by atoms with van der Waals surface area (Å²) in [5, 5.41) is -0.360. The fourth-order valence-electron chi connectivity index (χ4n) is 2.13. The second kappa shape index (κ2) is 5.62. The Morgan fingerprint density at radius 3 is 2.42 bits per heavy atom. The SMILES string of the molecule is COc1ccc(C(Cl)c2ccc(C)cc2C)cc1F. The molecule has 1 nitrogen and oxygen atoms in total. The molecule has 100 valence electrons. The molecule has 2 aromatic carbocycles. The number of hydrogen-bond donors (Lipinski definition) is 0. The Labute approximate surface area is 118 Å². The lowest BCUT2D eigenvalue weighted by Gasteiger charge is -2.14. The lowest BCUT2D eigenvalue weighted by atomic mass is 9.98. The molecule has 1 atom stereocenters. The standard InChI is InChI=1S/C16H16ClFO/c1-10-4-6-13(11(2)8-10)16(17)12-5-7-15(19-3)14(18)9-12/h4-9,16H,1-3H3. The van der Waals surface area contributed by atoms with Crippen molar-refractivity contribution in [1.29, 1.82) is 0 Å². The number of aryl methyl sites for hydroxylation is 2. The van der Waals surface area contributed by atoms with Crippen molar-refractivity contribution in [2.45, 2.75) is 19.2 Å². The second-order valence-electron chi connectivity index (χ2n) is 4.62. The Morgan fingerprint density at radius 2 is 1.84 bits per heavy atom. The molecule has 0 amide bonds. The van der Waals surface area contributed by atoms with E-state index in [0.29, 0.717) is 0 Å². The molecule has 0 heterocycles. The van der Waals surface area contributed by atoms with Crippen molar-refractivity contribution in [3.63, 3.8) is 0 Å². The first-order valence-corrected chi connectivity index (χ1v) is 6.51. The molecule has 2 rings (SSSR count). The Morgan fingerprint density at radius 1 is 1.11 bits per heavy atom. The van der Waals surface area contributed by atoms with Crippen molar-refractivity contribution in [3.8, 4) is 5.75 Å². The molecule has 1 unspecified atom stereocenters. The van der Waals surface area contributed by atoms with Crippen LogP contribution in [0.1, 0.15) is 27.6 Å². The lowest BCUT2D eigenvalue weighted by Crippen LogP contribution is -1.98. The van der Waals surface area contributed by atoms with Crippen LogP contribution in [0.25, 0.3) is 0 Å². The van der Waals surface area contributed by atoms with Gasteiger partial charge in [-0.15, -0.1) is 11.6 Å². The fourth-order valence-corrected chi connectivity index (χ4v) is 2.51. The van der Waals surface area contributed by atoms with Gasteiger partial charge in [0.05, 0.1) is 12.5 Å². The molecule has 3 heteroatoms. The number of ether oxygens (including phenoxy) is 1. The van der Waals surface area contributed by atoms with Crippen LogP contribution in [-0.2, 0) is 0 Å². The maximum atomic E-state index is 13.7. The zero-order chi connectivity index (χ0) is 14.0. The topological polar surface area (TPSA) is 9.23 Å². The quantitative estimate of drug-likeness (QED) is 0.734. The van der Waals surface area contributed by atoms with Crippen LogP contribution in [0.2, 0.25) is 0 Å². The molecule has 0 saturated heterocycles. The van der Waals surface area contributed by atoms with Gasteiger partial charge >= 0.3 is 0 Å². The number of alkyl halides is 1. The summed E-state index contributed by atoms with van der Waals surface area (Å²) in [7, 11) is 1.44. The predicted octanol–water partition coefficient (Wildman–Crippen LogP) is 4.78. The fraction of sp³-hybridized carbons (Fsp3) is 0.250. The minimum absolute atomic E-state index is 0.230. The van der Waals surface area contributed by atoms with E-state index in [1.165, 1.54) is 18.7 Å². The molecule has 0 spiro atoms. The smallest absolute Gasteiger partial charge is 0.165 e. The molecule has 0 aliphatic heterocycles. The first-order chi connectivity index (χ1) is 9.02. The van der Waals surface area contributed by atoms with E-state index in [1.54, 1.807) is 12.1 Å². The highest BCUT2D eigenvalue weighted by molar-refractivity contribution is 6.22. The van der Waals surface area contributed by atoms with Gasteiger partial charge in [0.2, 0.25) is 0 Å². The molecule has 0 radical (unpaired) electrons. The van der Waals surface area contributed by atoms with E-state index in [2.05, 4.69) is 6.07 Å². The molecule has 0 aliphatic rings. The molecule has 0 bridgehead atoms. The van der Waals surface area contributed by atoms with Crippen LogP contribution < -0.4 is 4.74 Å². The molecule has 0 saturated carbocycles. The van der Waals surface area contributed by atoms with Crippen LogP contribution >= 0.6 is 11.6 Å². The average molecular weight is 279 g/mol. The van der Waals surface area contributed by atoms with E-state index in [9.17, 15) is 4.39 Å². The third kappa shape index (κ3) is 2.90. The zero-order valence-electron chi connectivity index (χ0n) is 11.2. The van der Waals surface area contributed by atoms with E-state index in [1.807, 2.05) is 26.0 Å². The highest BCUT2D eigenvalue weighted by Gasteiger charge is 2.15. The Hall–Kier alpha value is -1.54. The number of rotatable bonds is 3. The maximum absolute atomic E-state index is 13.7. The normalized spacial score (nSPS) is 12.3. The lowest BCUT2D eigenvalue weighted by molar-refractivity contribution is 0.386. The van der Waals surface area contributed by atoms with Gasteiger partial charge in [-0.05, 0) is 42.7 Å². The monoisotopic (exact) mass is 278 g/mol. The van der Waals surface area contributed by atoms with Gasteiger partial charge in [0, 0.05) is 0 Å². The van der Waals surface area contributed by atoms with E-state index >= 15 is 0 Å². The minimum atomic E-state index is -0.393. The van der Waals surface area contributed by atoms with Crippen molar-refractivity contribution >= 4 is 11.6 Å². The van der Waals surface area contributed by atoms with Gasteiger partial charge < -0.3 is 4.74 Å². The summed E-state index contributed by atoms with van der Waals surface area (Å²) < 4.78 is 18.6. The first kappa shape index (κ1) is 13.9. The summed E-state index contributed by atoms with van der Waals surface area (Å²) in [4.78, 5) is 0. The molecular weight excluding hydrogens is 263 g/mol. The summed E-state index contributed by atoms with van der Waals surface area (Å²) in [5.41, 5.74) is 4.02. The van der Waals surface area contributed by atoms with Crippen molar-refractivity contribution in [2.24, 2.45) is 0 Å². The van der Waals surface area contributed by atoms with Gasteiger partial charge in [-0.25, -0.2) is 4.39 Å². The van der Waals surface area contributed by atoms with Crippen LogP contribution in [0.4, 0.5) is 4.39 Å². The van der Waals surface area contributed by atoms with E-state index in [0.717, 1.165) is 16.7 Å². The highest BCUT2D eigenvalue weighted by Crippen LogP contribution is 2.33.